The van der Waals surface area contributed by atoms with Crippen molar-refractivity contribution in [3.63, 3.8) is 0 Å². The first-order chi connectivity index (χ1) is 14.8. The van der Waals surface area contributed by atoms with Crippen molar-refractivity contribution < 1.29 is 22.1 Å². The van der Waals surface area contributed by atoms with E-state index in [-0.39, 0.29) is 22.2 Å². The van der Waals surface area contributed by atoms with Gasteiger partial charge in [0.2, 0.25) is 5.90 Å². The van der Waals surface area contributed by atoms with Crippen LogP contribution in [0.2, 0.25) is 0 Å². The fourth-order valence-electron chi connectivity index (χ4n) is 2.99. The summed E-state index contributed by atoms with van der Waals surface area (Å²) >= 11 is 0. The van der Waals surface area contributed by atoms with Gasteiger partial charge in [0.15, 0.2) is 5.70 Å². The maximum absolute atomic E-state index is 12.6. The number of nitrogens with zero attached hydrogens (tertiary/aromatic N) is 1. The Labute approximate surface area is 180 Å². The van der Waals surface area contributed by atoms with Gasteiger partial charge in [0, 0.05) is 11.1 Å². The Hall–Kier alpha value is -3.71. The van der Waals surface area contributed by atoms with Gasteiger partial charge in [-0.1, -0.05) is 47.5 Å². The summed E-state index contributed by atoms with van der Waals surface area (Å²) in [5, 5.41) is 0. The second-order valence-electron chi connectivity index (χ2n) is 7.09. The smallest absolute Gasteiger partial charge is 0.363 e. The highest BCUT2D eigenvalue weighted by Crippen LogP contribution is 2.28. The summed E-state index contributed by atoms with van der Waals surface area (Å²) in [5.74, 6) is -0.328. The van der Waals surface area contributed by atoms with Gasteiger partial charge in [-0.2, -0.15) is 8.42 Å². The monoisotopic (exact) mass is 433 g/mol. The number of hydrogen-bond donors (Lipinski definition) is 0. The highest BCUT2D eigenvalue weighted by atomic mass is 32.2. The lowest BCUT2D eigenvalue weighted by Gasteiger charge is -2.10. The van der Waals surface area contributed by atoms with E-state index in [1.165, 1.54) is 18.2 Å². The fourth-order valence-corrected chi connectivity index (χ4v) is 3.96. The number of aliphatic imine (C=N–C) groups is 1. The zero-order chi connectivity index (χ0) is 22.0. The third-order valence-corrected chi connectivity index (χ3v) is 5.86. The molecule has 7 heteroatoms. The van der Waals surface area contributed by atoms with Gasteiger partial charge in [-0.25, -0.2) is 9.79 Å². The van der Waals surface area contributed by atoms with Gasteiger partial charge in [-0.05, 0) is 56.3 Å². The first-order valence-corrected chi connectivity index (χ1v) is 10.9. The molecule has 0 amide bonds. The van der Waals surface area contributed by atoms with Crippen LogP contribution in [-0.4, -0.2) is 20.3 Å². The Morgan fingerprint density at radius 3 is 2.29 bits per heavy atom. The minimum absolute atomic E-state index is 0.0362. The zero-order valence-electron chi connectivity index (χ0n) is 16.9. The lowest BCUT2D eigenvalue weighted by Crippen LogP contribution is -2.10. The van der Waals surface area contributed by atoms with Crippen LogP contribution in [0.5, 0.6) is 5.75 Å². The number of carbonyl (C=O) groups excluding carboxylic acids is 1. The number of ether oxygens (including phenoxy) is 1. The van der Waals surface area contributed by atoms with E-state index in [0.717, 1.165) is 11.1 Å². The molecule has 0 N–H and O–H groups in total. The van der Waals surface area contributed by atoms with Crippen LogP contribution >= 0.6 is 0 Å². The zero-order valence-corrected chi connectivity index (χ0v) is 17.7. The number of esters is 1. The van der Waals surface area contributed by atoms with Crippen LogP contribution in [0, 0.1) is 13.8 Å². The van der Waals surface area contributed by atoms with Gasteiger partial charge in [0.25, 0.3) is 0 Å². The molecule has 156 valence electrons. The number of hydrogen-bond acceptors (Lipinski definition) is 6. The average molecular weight is 433 g/mol. The quantitative estimate of drug-likeness (QED) is 0.338. The number of carbonyl (C=O) groups is 1. The van der Waals surface area contributed by atoms with Crippen LogP contribution < -0.4 is 4.18 Å². The van der Waals surface area contributed by atoms with E-state index in [1.54, 1.807) is 36.4 Å². The van der Waals surface area contributed by atoms with Crippen LogP contribution in [0.1, 0.15) is 22.3 Å². The molecule has 0 unspecified atom stereocenters. The van der Waals surface area contributed by atoms with Gasteiger partial charge in [0.05, 0.1) is 0 Å². The van der Waals surface area contributed by atoms with Crippen molar-refractivity contribution in [2.45, 2.75) is 18.7 Å². The number of benzene rings is 3. The predicted octanol–water partition coefficient (Wildman–Crippen LogP) is 4.42. The molecule has 0 radical (unpaired) electrons. The summed E-state index contributed by atoms with van der Waals surface area (Å²) in [5.41, 5.74) is 3.08. The van der Waals surface area contributed by atoms with Crippen LogP contribution in [0.4, 0.5) is 0 Å². The van der Waals surface area contributed by atoms with Gasteiger partial charge in [-0.3, -0.25) is 0 Å². The highest BCUT2D eigenvalue weighted by Gasteiger charge is 2.25. The summed E-state index contributed by atoms with van der Waals surface area (Å²) in [4.78, 5) is 16.7. The van der Waals surface area contributed by atoms with Crippen molar-refractivity contribution in [3.8, 4) is 5.75 Å². The van der Waals surface area contributed by atoms with Crippen molar-refractivity contribution in [1.82, 2.24) is 0 Å². The predicted molar refractivity (Wildman–Crippen MR) is 117 cm³/mol. The summed E-state index contributed by atoms with van der Waals surface area (Å²) < 4.78 is 36.0. The molecule has 3 aromatic carbocycles. The van der Waals surface area contributed by atoms with Crippen molar-refractivity contribution in [3.05, 3.63) is 101 Å². The third-order valence-electron chi connectivity index (χ3n) is 4.61. The van der Waals surface area contributed by atoms with E-state index >= 15 is 0 Å². The van der Waals surface area contributed by atoms with E-state index in [0.29, 0.717) is 11.1 Å². The molecule has 0 aliphatic carbocycles. The number of aryl methyl sites for hydroxylation is 2. The highest BCUT2D eigenvalue weighted by molar-refractivity contribution is 7.87. The molecule has 0 fully saturated rings. The molecule has 6 nitrogen and oxygen atoms in total. The minimum atomic E-state index is -4.03. The number of rotatable bonds is 5. The lowest BCUT2D eigenvalue weighted by molar-refractivity contribution is -0.129. The Balaban J connectivity index is 1.70. The summed E-state index contributed by atoms with van der Waals surface area (Å²) in [6.45, 7) is 3.81. The second-order valence-corrected chi connectivity index (χ2v) is 8.64. The molecule has 0 saturated heterocycles. The molecule has 0 atom stereocenters. The average Bonchev–Trinajstić information content (AvgIpc) is 3.11. The maximum atomic E-state index is 12.6. The topological polar surface area (TPSA) is 82.0 Å². The fraction of sp³-hybridized carbons (Fsp3) is 0.0833. The summed E-state index contributed by atoms with van der Waals surface area (Å²) in [6, 6.07) is 20.3. The van der Waals surface area contributed by atoms with E-state index in [4.69, 9.17) is 8.92 Å². The van der Waals surface area contributed by atoms with Gasteiger partial charge in [0.1, 0.15) is 10.6 Å². The molecular formula is C24H19NO5S. The Kier molecular flexibility index (Phi) is 5.44. The molecule has 0 saturated carbocycles. The Bertz CT molecular complexity index is 1310. The molecule has 1 heterocycles. The standard InChI is InChI=1S/C24H19NO5S/c1-16-8-11-18(12-9-16)23-25-21(24(26)29-23)15-19-14-17(2)10-13-22(19)30-31(27,28)20-6-4-3-5-7-20/h3-15H,1-2H3. The summed E-state index contributed by atoms with van der Waals surface area (Å²) in [6.07, 6.45) is 1.46. The van der Waals surface area contributed by atoms with Crippen LogP contribution in [0.3, 0.4) is 0 Å². The molecule has 1 aliphatic rings. The molecule has 31 heavy (non-hydrogen) atoms. The van der Waals surface area contributed by atoms with Crippen LogP contribution in [-0.2, 0) is 19.6 Å². The normalized spacial score (nSPS) is 15.0. The van der Waals surface area contributed by atoms with Crippen LogP contribution in [0.25, 0.3) is 6.08 Å². The van der Waals surface area contributed by atoms with E-state index < -0.39 is 16.1 Å². The molecule has 0 bridgehead atoms. The van der Waals surface area contributed by atoms with E-state index in [9.17, 15) is 13.2 Å². The molecule has 1 aliphatic heterocycles. The van der Waals surface area contributed by atoms with E-state index in [2.05, 4.69) is 4.99 Å². The van der Waals surface area contributed by atoms with Crippen molar-refractivity contribution >= 4 is 28.1 Å². The largest absolute Gasteiger partial charge is 0.402 e. The molecule has 0 spiro atoms. The first kappa shape index (κ1) is 20.6. The first-order valence-electron chi connectivity index (χ1n) is 9.52. The summed E-state index contributed by atoms with van der Waals surface area (Å²) in [7, 11) is -4.03. The molecule has 0 aromatic heterocycles. The third kappa shape index (κ3) is 4.57. The van der Waals surface area contributed by atoms with Gasteiger partial charge in [-0.15, -0.1) is 0 Å². The Morgan fingerprint density at radius 1 is 0.903 bits per heavy atom. The molecule has 3 aromatic rings. The maximum Gasteiger partial charge on any atom is 0.363 e. The van der Waals surface area contributed by atoms with Crippen molar-refractivity contribution in [2.24, 2.45) is 4.99 Å². The van der Waals surface area contributed by atoms with Gasteiger partial charge >= 0.3 is 16.1 Å². The minimum Gasteiger partial charge on any atom is -0.402 e. The molecular weight excluding hydrogens is 414 g/mol. The second kappa shape index (κ2) is 8.20. The van der Waals surface area contributed by atoms with Crippen LogP contribution in [0.15, 0.2) is 88.4 Å². The van der Waals surface area contributed by atoms with Gasteiger partial charge < -0.3 is 8.92 Å². The van der Waals surface area contributed by atoms with Crippen molar-refractivity contribution in [1.29, 1.82) is 0 Å². The lowest BCUT2D eigenvalue weighted by atomic mass is 10.1. The Morgan fingerprint density at radius 2 is 1.58 bits per heavy atom. The number of cyclic esters (lactones) is 1. The molecule has 4 rings (SSSR count). The SMILES string of the molecule is Cc1ccc(C2=NC(=Cc3cc(C)ccc3OS(=O)(=O)c3ccccc3)C(=O)O2)cc1. The van der Waals surface area contributed by atoms with Crippen molar-refractivity contribution in [2.75, 3.05) is 0 Å². The van der Waals surface area contributed by atoms with E-state index in [1.807, 2.05) is 38.1 Å².